The highest BCUT2D eigenvalue weighted by atomic mass is 32.2. The Labute approximate surface area is 182 Å². The summed E-state index contributed by atoms with van der Waals surface area (Å²) < 4.78 is 17.9. The summed E-state index contributed by atoms with van der Waals surface area (Å²) >= 11 is 1.21. The van der Waals surface area contributed by atoms with E-state index in [9.17, 15) is 4.79 Å². The first-order valence-electron chi connectivity index (χ1n) is 9.36. The molecule has 0 aliphatic rings. The van der Waals surface area contributed by atoms with Crippen LogP contribution in [-0.2, 0) is 11.8 Å². The van der Waals surface area contributed by atoms with E-state index < -0.39 is 0 Å². The Morgan fingerprint density at radius 3 is 2.45 bits per heavy atom. The van der Waals surface area contributed by atoms with Crippen molar-refractivity contribution in [1.29, 1.82) is 0 Å². The van der Waals surface area contributed by atoms with E-state index in [0.29, 0.717) is 28.1 Å². The lowest BCUT2D eigenvalue weighted by Gasteiger charge is -2.14. The fourth-order valence-corrected chi connectivity index (χ4v) is 3.92. The molecule has 2 aromatic carbocycles. The highest BCUT2D eigenvalue weighted by molar-refractivity contribution is 7.99. The molecular formula is C21H21N5O4S. The molecule has 0 fully saturated rings. The number of fused-ring (bicyclic) bond motifs is 3. The zero-order chi connectivity index (χ0) is 22.0. The predicted octanol–water partition coefficient (Wildman–Crippen LogP) is 3.27. The van der Waals surface area contributed by atoms with Crippen LogP contribution in [0.5, 0.6) is 17.2 Å². The van der Waals surface area contributed by atoms with E-state index in [0.717, 1.165) is 22.1 Å². The van der Waals surface area contributed by atoms with Gasteiger partial charge in [-0.3, -0.25) is 4.79 Å². The molecule has 0 spiro atoms. The van der Waals surface area contributed by atoms with Gasteiger partial charge < -0.3 is 24.1 Å². The minimum absolute atomic E-state index is 0.119. The van der Waals surface area contributed by atoms with Crippen LogP contribution in [0.15, 0.2) is 41.6 Å². The molecule has 9 nitrogen and oxygen atoms in total. The Morgan fingerprint density at radius 1 is 1.06 bits per heavy atom. The van der Waals surface area contributed by atoms with Crippen LogP contribution in [0, 0.1) is 0 Å². The number of rotatable bonds is 7. The van der Waals surface area contributed by atoms with Crippen molar-refractivity contribution in [2.75, 3.05) is 32.4 Å². The van der Waals surface area contributed by atoms with E-state index in [-0.39, 0.29) is 11.7 Å². The monoisotopic (exact) mass is 439 g/mol. The van der Waals surface area contributed by atoms with Crippen molar-refractivity contribution in [2.45, 2.75) is 5.16 Å². The Balaban J connectivity index is 1.49. The lowest BCUT2D eigenvalue weighted by Crippen LogP contribution is -2.14. The van der Waals surface area contributed by atoms with Crippen LogP contribution >= 0.6 is 11.8 Å². The lowest BCUT2D eigenvalue weighted by atomic mass is 10.2. The van der Waals surface area contributed by atoms with Crippen molar-refractivity contribution >= 4 is 45.4 Å². The third-order valence-electron chi connectivity index (χ3n) is 4.77. The van der Waals surface area contributed by atoms with Crippen LogP contribution in [0.4, 0.5) is 5.69 Å². The number of hydrogen-bond acceptors (Lipinski definition) is 8. The van der Waals surface area contributed by atoms with Crippen LogP contribution in [0.25, 0.3) is 22.1 Å². The van der Waals surface area contributed by atoms with Gasteiger partial charge in [0.05, 0.1) is 32.6 Å². The van der Waals surface area contributed by atoms with Gasteiger partial charge in [0.15, 0.2) is 17.1 Å². The van der Waals surface area contributed by atoms with Crippen molar-refractivity contribution in [1.82, 2.24) is 19.7 Å². The van der Waals surface area contributed by atoms with Crippen LogP contribution < -0.4 is 19.5 Å². The number of aromatic nitrogens is 4. The normalized spacial score (nSPS) is 11.0. The number of carbonyl (C=O) groups excluding carboxylic acids is 1. The highest BCUT2D eigenvalue weighted by Crippen LogP contribution is 2.40. The summed E-state index contributed by atoms with van der Waals surface area (Å²) in [5.41, 5.74) is 3.03. The molecule has 31 heavy (non-hydrogen) atoms. The SMILES string of the molecule is COc1cc(NC(=O)CSc2nnc3c4ccccc4n(C)c3n2)cc(OC)c1OC. The van der Waals surface area contributed by atoms with Gasteiger partial charge in [0.2, 0.25) is 16.8 Å². The number of methoxy groups -OCH3 is 3. The highest BCUT2D eigenvalue weighted by Gasteiger charge is 2.16. The minimum atomic E-state index is -0.222. The molecule has 0 unspecified atom stereocenters. The molecule has 10 heteroatoms. The molecule has 2 aromatic heterocycles. The quantitative estimate of drug-likeness (QED) is 0.438. The van der Waals surface area contributed by atoms with Gasteiger partial charge in [-0.2, -0.15) is 0 Å². The maximum atomic E-state index is 12.5. The second-order valence-electron chi connectivity index (χ2n) is 6.59. The fraction of sp³-hybridized carbons (Fsp3) is 0.238. The molecule has 4 rings (SSSR count). The molecule has 160 valence electrons. The Morgan fingerprint density at radius 2 is 1.77 bits per heavy atom. The molecule has 2 heterocycles. The van der Waals surface area contributed by atoms with Crippen molar-refractivity contribution in [3.05, 3.63) is 36.4 Å². The summed E-state index contributed by atoms with van der Waals surface area (Å²) in [5, 5.41) is 12.8. The number of amides is 1. The van der Waals surface area contributed by atoms with Crippen LogP contribution in [0.3, 0.4) is 0 Å². The summed E-state index contributed by atoms with van der Waals surface area (Å²) in [5.74, 6) is 1.27. The molecule has 1 amide bonds. The molecular weight excluding hydrogens is 418 g/mol. The summed E-state index contributed by atoms with van der Waals surface area (Å²) in [6.45, 7) is 0. The Kier molecular flexibility index (Phi) is 5.81. The van der Waals surface area contributed by atoms with Gasteiger partial charge in [0.1, 0.15) is 5.52 Å². The predicted molar refractivity (Wildman–Crippen MR) is 119 cm³/mol. The molecule has 0 saturated heterocycles. The smallest absolute Gasteiger partial charge is 0.234 e. The molecule has 0 atom stereocenters. The van der Waals surface area contributed by atoms with Gasteiger partial charge >= 0.3 is 0 Å². The second kappa shape index (κ2) is 8.68. The first-order valence-corrected chi connectivity index (χ1v) is 10.3. The third-order valence-corrected chi connectivity index (χ3v) is 5.61. The maximum Gasteiger partial charge on any atom is 0.234 e. The van der Waals surface area contributed by atoms with Crippen LogP contribution in [0.2, 0.25) is 0 Å². The molecule has 0 bridgehead atoms. The standard InChI is InChI=1S/C21H21N5O4S/c1-26-14-8-6-5-7-13(14)18-20(26)23-21(25-24-18)31-11-17(27)22-12-9-15(28-2)19(30-4)16(10-12)29-3/h5-10H,11H2,1-4H3,(H,22,27). The second-order valence-corrected chi connectivity index (χ2v) is 7.54. The van der Waals surface area contributed by atoms with Crippen molar-refractivity contribution < 1.29 is 19.0 Å². The summed E-state index contributed by atoms with van der Waals surface area (Å²) in [4.78, 5) is 17.1. The van der Waals surface area contributed by atoms with Crippen LogP contribution in [0.1, 0.15) is 0 Å². The first kappa shape index (κ1) is 20.7. The van der Waals surface area contributed by atoms with Gasteiger partial charge in [-0.25, -0.2) is 4.98 Å². The number of para-hydroxylation sites is 1. The topological polar surface area (TPSA) is 100 Å². The van der Waals surface area contributed by atoms with E-state index in [4.69, 9.17) is 14.2 Å². The van der Waals surface area contributed by atoms with Crippen molar-refractivity contribution in [2.24, 2.45) is 7.05 Å². The average molecular weight is 439 g/mol. The van der Waals surface area contributed by atoms with E-state index in [2.05, 4.69) is 20.5 Å². The number of hydrogen-bond donors (Lipinski definition) is 1. The summed E-state index contributed by atoms with van der Waals surface area (Å²) in [6.07, 6.45) is 0. The molecule has 0 radical (unpaired) electrons. The van der Waals surface area contributed by atoms with Gasteiger partial charge in [0, 0.05) is 30.3 Å². The van der Waals surface area contributed by atoms with Gasteiger partial charge in [-0.15, -0.1) is 10.2 Å². The Hall–Kier alpha value is -3.53. The van der Waals surface area contributed by atoms with E-state index in [1.165, 1.54) is 33.1 Å². The summed E-state index contributed by atoms with van der Waals surface area (Å²) in [6, 6.07) is 11.3. The van der Waals surface area contributed by atoms with Crippen molar-refractivity contribution in [3.63, 3.8) is 0 Å². The molecule has 0 saturated carbocycles. The number of thioether (sulfide) groups is 1. The molecule has 1 N–H and O–H groups in total. The van der Waals surface area contributed by atoms with E-state index in [1.54, 1.807) is 12.1 Å². The van der Waals surface area contributed by atoms with Crippen molar-refractivity contribution in [3.8, 4) is 17.2 Å². The minimum Gasteiger partial charge on any atom is -0.493 e. The number of nitrogens with zero attached hydrogens (tertiary/aromatic N) is 4. The number of aryl methyl sites for hydroxylation is 1. The number of anilines is 1. The molecule has 4 aromatic rings. The average Bonchev–Trinajstić information content (AvgIpc) is 3.08. The zero-order valence-electron chi connectivity index (χ0n) is 17.5. The molecule has 0 aliphatic heterocycles. The number of ether oxygens (including phenoxy) is 3. The van der Waals surface area contributed by atoms with Crippen LogP contribution in [-0.4, -0.2) is 52.7 Å². The lowest BCUT2D eigenvalue weighted by molar-refractivity contribution is -0.113. The van der Waals surface area contributed by atoms with Gasteiger partial charge in [-0.05, 0) is 6.07 Å². The number of nitrogens with one attached hydrogen (secondary N) is 1. The number of benzene rings is 2. The van der Waals surface area contributed by atoms with Gasteiger partial charge in [-0.1, -0.05) is 30.0 Å². The molecule has 0 aliphatic carbocycles. The third kappa shape index (κ3) is 3.93. The number of carbonyl (C=O) groups is 1. The summed E-state index contributed by atoms with van der Waals surface area (Å²) in [7, 11) is 6.50. The zero-order valence-corrected chi connectivity index (χ0v) is 18.3. The van der Waals surface area contributed by atoms with Gasteiger partial charge in [0.25, 0.3) is 0 Å². The Bertz CT molecular complexity index is 1250. The van der Waals surface area contributed by atoms with E-state index in [1.807, 2.05) is 35.9 Å². The first-order chi connectivity index (χ1) is 15.0. The maximum absolute atomic E-state index is 12.5. The largest absolute Gasteiger partial charge is 0.493 e. The fourth-order valence-electron chi connectivity index (χ4n) is 3.33. The van der Waals surface area contributed by atoms with E-state index >= 15 is 0 Å².